The molecule has 2 unspecified atom stereocenters. The summed E-state index contributed by atoms with van der Waals surface area (Å²) >= 11 is 0. The maximum absolute atomic E-state index is 5.97. The summed E-state index contributed by atoms with van der Waals surface area (Å²) in [5.41, 5.74) is 5.97. The molecule has 2 heteroatoms. The average molecular weight is 210 g/mol. The Kier molecular flexibility index (Phi) is 4.04. The van der Waals surface area contributed by atoms with Crippen LogP contribution in [-0.4, -0.2) is 30.6 Å². The number of hydrogen-bond acceptors (Lipinski definition) is 2. The predicted molar refractivity (Wildman–Crippen MR) is 64.8 cm³/mol. The zero-order valence-electron chi connectivity index (χ0n) is 10.1. The van der Waals surface area contributed by atoms with E-state index < -0.39 is 0 Å². The monoisotopic (exact) mass is 210 g/mol. The van der Waals surface area contributed by atoms with Crippen LogP contribution in [0.1, 0.15) is 45.4 Å². The van der Waals surface area contributed by atoms with E-state index in [0.29, 0.717) is 6.04 Å². The van der Waals surface area contributed by atoms with Gasteiger partial charge in [0.15, 0.2) is 0 Å². The largest absolute Gasteiger partial charge is 0.328 e. The minimum Gasteiger partial charge on any atom is -0.328 e. The average Bonchev–Trinajstić information content (AvgIpc) is 2.90. The lowest BCUT2D eigenvalue weighted by molar-refractivity contribution is 0.222. The molecule has 0 radical (unpaired) electrons. The summed E-state index contributed by atoms with van der Waals surface area (Å²) in [5, 5.41) is 0. The van der Waals surface area contributed by atoms with Crippen molar-refractivity contribution >= 4 is 0 Å². The normalized spacial score (nSPS) is 31.4. The van der Waals surface area contributed by atoms with E-state index in [1.165, 1.54) is 58.2 Å². The molecule has 0 bridgehead atoms. The number of rotatable bonds is 6. The molecule has 0 heterocycles. The Morgan fingerprint density at radius 1 is 1.07 bits per heavy atom. The topological polar surface area (TPSA) is 29.3 Å². The van der Waals surface area contributed by atoms with Crippen molar-refractivity contribution in [2.24, 2.45) is 17.6 Å². The van der Waals surface area contributed by atoms with Crippen LogP contribution < -0.4 is 5.73 Å². The summed E-state index contributed by atoms with van der Waals surface area (Å²) in [6.07, 6.45) is 8.14. The third-order valence-electron chi connectivity index (χ3n) is 3.85. The van der Waals surface area contributed by atoms with E-state index in [2.05, 4.69) is 11.8 Å². The standard InChI is InChI=1S/C13H26N2/c1-2-7-15(9-11-3-4-11)10-12-5-6-13(14)8-12/h11-13H,2-10,14H2,1H3. The summed E-state index contributed by atoms with van der Waals surface area (Å²) < 4.78 is 0. The van der Waals surface area contributed by atoms with Crippen LogP contribution in [0.4, 0.5) is 0 Å². The molecule has 2 rings (SSSR count). The van der Waals surface area contributed by atoms with Crippen LogP contribution in [0.3, 0.4) is 0 Å². The van der Waals surface area contributed by atoms with E-state index in [1.54, 1.807) is 0 Å². The molecule has 2 aliphatic carbocycles. The van der Waals surface area contributed by atoms with Crippen LogP contribution in [0.15, 0.2) is 0 Å². The highest BCUT2D eigenvalue weighted by Gasteiger charge is 2.27. The summed E-state index contributed by atoms with van der Waals surface area (Å²) in [4.78, 5) is 2.69. The molecule has 0 saturated heterocycles. The van der Waals surface area contributed by atoms with Gasteiger partial charge in [-0.3, -0.25) is 0 Å². The Hall–Kier alpha value is -0.0800. The van der Waals surface area contributed by atoms with Crippen LogP contribution in [0.2, 0.25) is 0 Å². The van der Waals surface area contributed by atoms with E-state index >= 15 is 0 Å². The van der Waals surface area contributed by atoms with Crippen molar-refractivity contribution in [1.82, 2.24) is 4.90 Å². The van der Waals surface area contributed by atoms with Crippen LogP contribution in [0.25, 0.3) is 0 Å². The molecule has 15 heavy (non-hydrogen) atoms. The third-order valence-corrected chi connectivity index (χ3v) is 3.85. The highest BCUT2D eigenvalue weighted by Crippen LogP contribution is 2.31. The smallest absolute Gasteiger partial charge is 0.00420 e. The van der Waals surface area contributed by atoms with E-state index in [9.17, 15) is 0 Å². The quantitative estimate of drug-likeness (QED) is 0.728. The molecule has 0 aliphatic heterocycles. The summed E-state index contributed by atoms with van der Waals surface area (Å²) in [6.45, 7) is 6.26. The molecule has 2 nitrogen and oxygen atoms in total. The SMILES string of the molecule is CCCN(CC1CC1)CC1CCC(N)C1. The van der Waals surface area contributed by atoms with Crippen molar-refractivity contribution in [2.45, 2.75) is 51.5 Å². The van der Waals surface area contributed by atoms with E-state index in [1.807, 2.05) is 0 Å². The Balaban J connectivity index is 1.72. The van der Waals surface area contributed by atoms with Gasteiger partial charge in [-0.05, 0) is 56.9 Å². The lowest BCUT2D eigenvalue weighted by Gasteiger charge is -2.25. The van der Waals surface area contributed by atoms with Gasteiger partial charge in [-0.2, -0.15) is 0 Å². The van der Waals surface area contributed by atoms with E-state index in [-0.39, 0.29) is 0 Å². The first kappa shape index (κ1) is 11.4. The van der Waals surface area contributed by atoms with Crippen molar-refractivity contribution < 1.29 is 0 Å². The Bertz CT molecular complexity index is 189. The molecular weight excluding hydrogens is 184 g/mol. The fourth-order valence-electron chi connectivity index (χ4n) is 2.88. The molecule has 88 valence electrons. The van der Waals surface area contributed by atoms with Gasteiger partial charge in [0.05, 0.1) is 0 Å². The van der Waals surface area contributed by atoms with E-state index in [4.69, 9.17) is 5.73 Å². The molecule has 2 fully saturated rings. The second-order valence-corrected chi connectivity index (χ2v) is 5.64. The molecule has 2 atom stereocenters. The summed E-state index contributed by atoms with van der Waals surface area (Å²) in [5.74, 6) is 1.93. The van der Waals surface area contributed by atoms with Gasteiger partial charge in [0.1, 0.15) is 0 Å². The molecule has 2 saturated carbocycles. The molecular formula is C13H26N2. The Morgan fingerprint density at radius 2 is 1.73 bits per heavy atom. The van der Waals surface area contributed by atoms with Crippen LogP contribution in [0.5, 0.6) is 0 Å². The zero-order valence-corrected chi connectivity index (χ0v) is 10.1. The van der Waals surface area contributed by atoms with Gasteiger partial charge in [-0.15, -0.1) is 0 Å². The second kappa shape index (κ2) is 5.31. The molecule has 0 aromatic rings. The minimum atomic E-state index is 0.499. The summed E-state index contributed by atoms with van der Waals surface area (Å²) in [7, 11) is 0. The minimum absolute atomic E-state index is 0.499. The number of nitrogens with zero attached hydrogens (tertiary/aromatic N) is 1. The van der Waals surface area contributed by atoms with Crippen LogP contribution in [-0.2, 0) is 0 Å². The number of nitrogens with two attached hydrogens (primary N) is 1. The van der Waals surface area contributed by atoms with Crippen LogP contribution in [0, 0.1) is 11.8 Å². The third kappa shape index (κ3) is 3.76. The van der Waals surface area contributed by atoms with Gasteiger partial charge in [-0.25, -0.2) is 0 Å². The van der Waals surface area contributed by atoms with Gasteiger partial charge in [0, 0.05) is 19.1 Å². The first-order valence-electron chi connectivity index (χ1n) is 6.76. The fraction of sp³-hybridized carbons (Fsp3) is 1.00. The van der Waals surface area contributed by atoms with Crippen molar-refractivity contribution in [2.75, 3.05) is 19.6 Å². The fourth-order valence-corrected chi connectivity index (χ4v) is 2.88. The van der Waals surface area contributed by atoms with Gasteiger partial charge in [-0.1, -0.05) is 6.92 Å². The van der Waals surface area contributed by atoms with Crippen LogP contribution >= 0.6 is 0 Å². The molecule has 0 aromatic carbocycles. The summed E-state index contributed by atoms with van der Waals surface area (Å²) in [6, 6.07) is 0.499. The first-order chi connectivity index (χ1) is 7.28. The lowest BCUT2D eigenvalue weighted by Crippen LogP contribution is -2.32. The maximum atomic E-state index is 5.97. The Labute approximate surface area is 94.2 Å². The van der Waals surface area contributed by atoms with Crippen molar-refractivity contribution in [1.29, 1.82) is 0 Å². The molecule has 0 aromatic heterocycles. The highest BCUT2D eigenvalue weighted by molar-refractivity contribution is 4.82. The molecule has 2 aliphatic rings. The molecule has 0 spiro atoms. The van der Waals surface area contributed by atoms with Gasteiger partial charge >= 0.3 is 0 Å². The van der Waals surface area contributed by atoms with Crippen molar-refractivity contribution in [3.05, 3.63) is 0 Å². The van der Waals surface area contributed by atoms with Gasteiger partial charge in [0.2, 0.25) is 0 Å². The van der Waals surface area contributed by atoms with Gasteiger partial charge < -0.3 is 10.6 Å². The van der Waals surface area contributed by atoms with Crippen molar-refractivity contribution in [3.8, 4) is 0 Å². The predicted octanol–water partition coefficient (Wildman–Crippen LogP) is 2.24. The second-order valence-electron chi connectivity index (χ2n) is 5.64. The molecule has 0 amide bonds. The van der Waals surface area contributed by atoms with E-state index in [0.717, 1.165) is 11.8 Å². The molecule has 2 N–H and O–H groups in total. The first-order valence-corrected chi connectivity index (χ1v) is 6.76. The lowest BCUT2D eigenvalue weighted by atomic mass is 10.1. The Morgan fingerprint density at radius 3 is 2.27 bits per heavy atom. The van der Waals surface area contributed by atoms with Gasteiger partial charge in [0.25, 0.3) is 0 Å². The number of hydrogen-bond donors (Lipinski definition) is 1. The maximum Gasteiger partial charge on any atom is 0.00420 e. The van der Waals surface area contributed by atoms with Crippen molar-refractivity contribution in [3.63, 3.8) is 0 Å². The zero-order chi connectivity index (χ0) is 10.7. The highest BCUT2D eigenvalue weighted by atomic mass is 15.1.